The molecule has 0 spiro atoms. The lowest BCUT2D eigenvalue weighted by Crippen LogP contribution is -2.35. The summed E-state index contributed by atoms with van der Waals surface area (Å²) in [5.74, 6) is 1.48. The van der Waals surface area contributed by atoms with E-state index in [9.17, 15) is 9.90 Å². The van der Waals surface area contributed by atoms with Gasteiger partial charge < -0.3 is 15.2 Å². The predicted octanol–water partition coefficient (Wildman–Crippen LogP) is 3.03. The molecule has 0 radical (unpaired) electrons. The van der Waals surface area contributed by atoms with Crippen LogP contribution in [0.3, 0.4) is 0 Å². The van der Waals surface area contributed by atoms with Gasteiger partial charge in [-0.05, 0) is 42.5 Å². The molecule has 0 bridgehead atoms. The molecule has 0 aliphatic rings. The number of rotatable bonds is 8. The number of carbonyl (C=O) groups is 1. The van der Waals surface area contributed by atoms with Gasteiger partial charge in [0.05, 0.1) is 0 Å². The van der Waals surface area contributed by atoms with Crippen LogP contribution in [0.15, 0.2) is 48.5 Å². The molecular formula is C19H23NO3S. The van der Waals surface area contributed by atoms with Gasteiger partial charge in [-0.15, -0.1) is 0 Å². The summed E-state index contributed by atoms with van der Waals surface area (Å²) in [5, 5.41) is 12.7. The molecule has 0 saturated carbocycles. The van der Waals surface area contributed by atoms with Crippen molar-refractivity contribution in [1.82, 2.24) is 5.32 Å². The first kappa shape index (κ1) is 18.4. The van der Waals surface area contributed by atoms with E-state index in [1.807, 2.05) is 49.6 Å². The number of benzene rings is 2. The van der Waals surface area contributed by atoms with Gasteiger partial charge in [0.25, 0.3) is 5.91 Å². The van der Waals surface area contributed by atoms with Crippen LogP contribution in [0.1, 0.15) is 21.5 Å². The van der Waals surface area contributed by atoms with Crippen LogP contribution in [0.25, 0.3) is 0 Å². The highest BCUT2D eigenvalue weighted by Crippen LogP contribution is 2.16. The Hall–Kier alpha value is -1.98. The number of aryl methyl sites for hydroxylation is 1. The van der Waals surface area contributed by atoms with Crippen LogP contribution in [0.5, 0.6) is 5.75 Å². The fourth-order valence-corrected chi connectivity index (χ4v) is 2.72. The van der Waals surface area contributed by atoms with Gasteiger partial charge in [0.1, 0.15) is 18.5 Å². The molecule has 0 saturated heterocycles. The van der Waals surface area contributed by atoms with Gasteiger partial charge in [-0.3, -0.25) is 4.79 Å². The fraction of sp³-hybridized carbons (Fsp3) is 0.316. The van der Waals surface area contributed by atoms with Crippen LogP contribution in [0.4, 0.5) is 0 Å². The molecule has 1 unspecified atom stereocenters. The zero-order valence-corrected chi connectivity index (χ0v) is 14.8. The summed E-state index contributed by atoms with van der Waals surface area (Å²) < 4.78 is 5.58. The summed E-state index contributed by atoms with van der Waals surface area (Å²) in [6.45, 7) is 2.24. The van der Waals surface area contributed by atoms with Crippen LogP contribution in [0, 0.1) is 6.92 Å². The number of hydrogen-bond donors (Lipinski definition) is 2. The van der Waals surface area contributed by atoms with Gasteiger partial charge in [-0.2, -0.15) is 11.8 Å². The van der Waals surface area contributed by atoms with Crippen molar-refractivity contribution in [3.8, 4) is 5.75 Å². The Morgan fingerprint density at radius 3 is 2.58 bits per heavy atom. The molecule has 2 rings (SSSR count). The van der Waals surface area contributed by atoms with E-state index in [1.54, 1.807) is 23.9 Å². The Bertz CT molecular complexity index is 658. The average Bonchev–Trinajstić information content (AvgIpc) is 2.60. The first-order valence-electron chi connectivity index (χ1n) is 7.82. The van der Waals surface area contributed by atoms with E-state index < -0.39 is 6.10 Å². The summed E-state index contributed by atoms with van der Waals surface area (Å²) in [7, 11) is 0. The molecule has 2 aromatic carbocycles. The van der Waals surface area contributed by atoms with E-state index in [0.29, 0.717) is 5.56 Å². The minimum Gasteiger partial charge on any atom is -0.491 e. The first-order chi connectivity index (χ1) is 11.6. The standard InChI is InChI=1S/C19H23NO3S/c1-14-5-3-4-6-18(14)23-12-17(21)11-20-19(22)16-9-7-15(8-10-16)13-24-2/h3-10,17,21H,11-13H2,1-2H3,(H,20,22). The van der Waals surface area contributed by atoms with Gasteiger partial charge in [0, 0.05) is 17.9 Å². The van der Waals surface area contributed by atoms with E-state index in [0.717, 1.165) is 17.1 Å². The Kier molecular flexibility index (Phi) is 7.15. The van der Waals surface area contributed by atoms with E-state index in [1.165, 1.54) is 5.56 Å². The van der Waals surface area contributed by atoms with Gasteiger partial charge in [0.15, 0.2) is 0 Å². The van der Waals surface area contributed by atoms with Crippen LogP contribution in [-0.2, 0) is 5.75 Å². The molecule has 0 aliphatic carbocycles. The van der Waals surface area contributed by atoms with Crippen LogP contribution in [0.2, 0.25) is 0 Å². The maximum atomic E-state index is 12.1. The third-order valence-electron chi connectivity index (χ3n) is 3.55. The lowest BCUT2D eigenvalue weighted by atomic mass is 10.1. The van der Waals surface area contributed by atoms with Crippen molar-refractivity contribution in [1.29, 1.82) is 0 Å². The van der Waals surface area contributed by atoms with Crippen LogP contribution < -0.4 is 10.1 Å². The molecule has 5 heteroatoms. The number of amides is 1. The highest BCUT2D eigenvalue weighted by molar-refractivity contribution is 7.97. The number of aliphatic hydroxyl groups excluding tert-OH is 1. The normalized spacial score (nSPS) is 11.8. The molecule has 1 amide bonds. The SMILES string of the molecule is CSCc1ccc(C(=O)NCC(O)COc2ccccc2C)cc1. The lowest BCUT2D eigenvalue weighted by molar-refractivity contribution is 0.0842. The Balaban J connectivity index is 1.77. The van der Waals surface area contributed by atoms with Crippen molar-refractivity contribution in [2.24, 2.45) is 0 Å². The van der Waals surface area contributed by atoms with Crippen LogP contribution in [-0.4, -0.2) is 36.5 Å². The van der Waals surface area contributed by atoms with E-state index in [4.69, 9.17) is 4.74 Å². The Morgan fingerprint density at radius 2 is 1.92 bits per heavy atom. The van der Waals surface area contributed by atoms with Crippen molar-refractivity contribution in [3.63, 3.8) is 0 Å². The number of aliphatic hydroxyl groups is 1. The van der Waals surface area contributed by atoms with Gasteiger partial charge >= 0.3 is 0 Å². The second-order valence-corrected chi connectivity index (χ2v) is 6.44. The first-order valence-corrected chi connectivity index (χ1v) is 9.22. The molecule has 1 atom stereocenters. The van der Waals surface area contributed by atoms with E-state index in [2.05, 4.69) is 5.32 Å². The monoisotopic (exact) mass is 345 g/mol. The second kappa shape index (κ2) is 9.35. The highest BCUT2D eigenvalue weighted by atomic mass is 32.2. The zero-order valence-electron chi connectivity index (χ0n) is 14.0. The maximum Gasteiger partial charge on any atom is 0.251 e. The third kappa shape index (κ3) is 5.58. The Morgan fingerprint density at radius 1 is 1.21 bits per heavy atom. The maximum absolute atomic E-state index is 12.1. The Labute approximate surface area is 147 Å². The smallest absolute Gasteiger partial charge is 0.251 e. The number of nitrogens with one attached hydrogen (secondary N) is 1. The van der Waals surface area contributed by atoms with Crippen molar-refractivity contribution >= 4 is 17.7 Å². The van der Waals surface area contributed by atoms with Gasteiger partial charge in [-0.25, -0.2) is 0 Å². The largest absolute Gasteiger partial charge is 0.491 e. The summed E-state index contributed by atoms with van der Waals surface area (Å²) in [5.41, 5.74) is 2.79. The van der Waals surface area contributed by atoms with E-state index >= 15 is 0 Å². The minimum atomic E-state index is -0.760. The predicted molar refractivity (Wildman–Crippen MR) is 98.7 cm³/mol. The number of para-hydroxylation sites is 1. The summed E-state index contributed by atoms with van der Waals surface area (Å²) >= 11 is 1.74. The quantitative estimate of drug-likeness (QED) is 0.772. The van der Waals surface area contributed by atoms with Crippen molar-refractivity contribution in [3.05, 3.63) is 65.2 Å². The molecule has 2 aromatic rings. The second-order valence-electron chi connectivity index (χ2n) is 5.57. The molecule has 4 nitrogen and oxygen atoms in total. The molecule has 24 heavy (non-hydrogen) atoms. The summed E-state index contributed by atoms with van der Waals surface area (Å²) in [4.78, 5) is 12.1. The molecule has 0 heterocycles. The molecule has 2 N–H and O–H groups in total. The number of ether oxygens (including phenoxy) is 1. The number of carbonyl (C=O) groups excluding carboxylic acids is 1. The molecule has 0 aliphatic heterocycles. The van der Waals surface area contributed by atoms with Crippen molar-refractivity contribution in [2.45, 2.75) is 18.8 Å². The fourth-order valence-electron chi connectivity index (χ4n) is 2.19. The third-order valence-corrected chi connectivity index (χ3v) is 4.17. The molecule has 0 fully saturated rings. The molecular weight excluding hydrogens is 322 g/mol. The average molecular weight is 345 g/mol. The minimum absolute atomic E-state index is 0.137. The number of hydrogen-bond acceptors (Lipinski definition) is 4. The van der Waals surface area contributed by atoms with Crippen molar-refractivity contribution < 1.29 is 14.6 Å². The zero-order chi connectivity index (χ0) is 17.4. The lowest BCUT2D eigenvalue weighted by Gasteiger charge is -2.14. The molecule has 128 valence electrons. The topological polar surface area (TPSA) is 58.6 Å². The molecule has 0 aromatic heterocycles. The van der Waals surface area contributed by atoms with Gasteiger partial charge in [-0.1, -0.05) is 30.3 Å². The van der Waals surface area contributed by atoms with E-state index in [-0.39, 0.29) is 19.1 Å². The summed E-state index contributed by atoms with van der Waals surface area (Å²) in [6.07, 6.45) is 1.28. The van der Waals surface area contributed by atoms with Crippen LogP contribution >= 0.6 is 11.8 Å². The van der Waals surface area contributed by atoms with Gasteiger partial charge in [0.2, 0.25) is 0 Å². The van der Waals surface area contributed by atoms with Crippen molar-refractivity contribution in [2.75, 3.05) is 19.4 Å². The summed E-state index contributed by atoms with van der Waals surface area (Å²) in [6, 6.07) is 15.1. The number of thioether (sulfide) groups is 1. The highest BCUT2D eigenvalue weighted by Gasteiger charge is 2.10.